The van der Waals surface area contributed by atoms with Crippen molar-refractivity contribution in [3.05, 3.63) is 34.4 Å². The summed E-state index contributed by atoms with van der Waals surface area (Å²) < 4.78 is 21.0. The first-order valence-corrected chi connectivity index (χ1v) is 11.2. The number of methoxy groups -OCH3 is 2. The third-order valence-electron chi connectivity index (χ3n) is 5.91. The summed E-state index contributed by atoms with van der Waals surface area (Å²) in [6.45, 7) is 12.1. The molecule has 0 spiro atoms. The summed E-state index contributed by atoms with van der Waals surface area (Å²) in [5.74, 6) is 0.462. The van der Waals surface area contributed by atoms with Crippen LogP contribution in [0.4, 0.5) is 0 Å². The van der Waals surface area contributed by atoms with Gasteiger partial charge in [-0.25, -0.2) is 0 Å². The van der Waals surface area contributed by atoms with Crippen LogP contribution in [-0.2, 0) is 18.9 Å². The predicted molar refractivity (Wildman–Crippen MR) is 124 cm³/mol. The van der Waals surface area contributed by atoms with E-state index in [-0.39, 0.29) is 18.6 Å². The monoisotopic (exact) mass is 440 g/mol. The average Bonchev–Trinajstić information content (AvgIpc) is 2.70. The van der Waals surface area contributed by atoms with Crippen LogP contribution in [0, 0.1) is 11.3 Å². The number of ether oxygens (including phenoxy) is 4. The van der Waals surface area contributed by atoms with Gasteiger partial charge in [0, 0.05) is 14.2 Å². The molecule has 0 aliphatic heterocycles. The van der Waals surface area contributed by atoms with E-state index >= 15 is 0 Å². The molecule has 0 aromatic carbocycles. The number of aliphatic hydroxyl groups is 2. The lowest BCUT2D eigenvalue weighted by molar-refractivity contribution is -0.129. The molecule has 3 unspecified atom stereocenters. The van der Waals surface area contributed by atoms with Crippen molar-refractivity contribution in [1.82, 2.24) is 0 Å². The maximum atomic E-state index is 9.88. The summed E-state index contributed by atoms with van der Waals surface area (Å²) in [6.07, 6.45) is 6.42. The second kappa shape index (κ2) is 14.2. The van der Waals surface area contributed by atoms with Crippen LogP contribution in [0.3, 0.4) is 0 Å². The van der Waals surface area contributed by atoms with Gasteiger partial charge in [0.2, 0.25) is 0 Å². The lowest BCUT2D eigenvalue weighted by Gasteiger charge is -2.26. The molecule has 0 saturated carbocycles. The molecular formula is C25H44O6. The molecule has 0 aromatic rings. The number of rotatable bonds is 14. The van der Waals surface area contributed by atoms with Gasteiger partial charge in [-0.3, -0.25) is 0 Å². The normalized spacial score (nSPS) is 18.7. The fourth-order valence-corrected chi connectivity index (χ4v) is 3.35. The van der Waals surface area contributed by atoms with Gasteiger partial charge in [-0.2, -0.15) is 0 Å². The van der Waals surface area contributed by atoms with Gasteiger partial charge in [-0.15, -0.1) is 0 Å². The van der Waals surface area contributed by atoms with E-state index in [0.29, 0.717) is 19.1 Å². The number of hydrogen-bond acceptors (Lipinski definition) is 6. The Morgan fingerprint density at radius 2 is 1.58 bits per heavy atom. The highest BCUT2D eigenvalue weighted by atomic mass is 16.6. The average molecular weight is 441 g/mol. The molecule has 1 aliphatic carbocycles. The molecule has 31 heavy (non-hydrogen) atoms. The Labute approximate surface area is 188 Å². The minimum atomic E-state index is -0.962. The zero-order valence-electron chi connectivity index (χ0n) is 20.6. The highest BCUT2D eigenvalue weighted by Crippen LogP contribution is 2.32. The molecule has 0 aromatic heterocycles. The Kier molecular flexibility index (Phi) is 12.8. The van der Waals surface area contributed by atoms with Gasteiger partial charge in [0.05, 0.1) is 26.4 Å². The molecular weight excluding hydrogens is 396 g/mol. The highest BCUT2D eigenvalue weighted by Gasteiger charge is 2.20. The van der Waals surface area contributed by atoms with Gasteiger partial charge in [-0.05, 0) is 55.1 Å². The molecule has 0 radical (unpaired) electrons. The molecule has 0 saturated heterocycles. The second-order valence-corrected chi connectivity index (χ2v) is 9.42. The van der Waals surface area contributed by atoms with Crippen LogP contribution >= 0.6 is 0 Å². The third kappa shape index (κ3) is 10.9. The molecule has 180 valence electrons. The summed E-state index contributed by atoms with van der Waals surface area (Å²) in [5, 5.41) is 19.7. The van der Waals surface area contributed by atoms with Crippen LogP contribution in [0.25, 0.3) is 0 Å². The predicted octanol–water partition coefficient (Wildman–Crippen LogP) is 4.37. The lowest BCUT2D eigenvalue weighted by Crippen LogP contribution is -2.23. The molecule has 1 rings (SSSR count). The largest absolute Gasteiger partial charge is 0.379 e. The van der Waals surface area contributed by atoms with Crippen molar-refractivity contribution >= 4 is 0 Å². The first-order valence-electron chi connectivity index (χ1n) is 11.2. The van der Waals surface area contributed by atoms with Crippen molar-refractivity contribution in [2.75, 3.05) is 40.6 Å². The zero-order chi connectivity index (χ0) is 23.4. The molecule has 0 heterocycles. The number of allylic oxidation sites excluding steroid dienone is 4. The topological polar surface area (TPSA) is 77.4 Å². The summed E-state index contributed by atoms with van der Waals surface area (Å²) in [6, 6.07) is 0. The molecule has 1 aliphatic rings. The van der Waals surface area contributed by atoms with E-state index in [0.717, 1.165) is 36.8 Å². The van der Waals surface area contributed by atoms with Crippen molar-refractivity contribution in [3.63, 3.8) is 0 Å². The Balaban J connectivity index is 2.75. The van der Waals surface area contributed by atoms with E-state index in [1.54, 1.807) is 0 Å². The van der Waals surface area contributed by atoms with E-state index in [4.69, 9.17) is 18.9 Å². The van der Waals surface area contributed by atoms with Gasteiger partial charge in [0.25, 0.3) is 0 Å². The SMILES string of the molecule is COCC(O)OCC1=C(COC(O)COC)CC(C(C)CC/C=C(\C)C(C)(C)C)=CC1. The molecule has 0 fully saturated rings. The fraction of sp³-hybridized carbons (Fsp3) is 0.760. The van der Waals surface area contributed by atoms with Gasteiger partial charge in [0.15, 0.2) is 12.6 Å². The molecule has 3 atom stereocenters. The molecule has 0 bridgehead atoms. The van der Waals surface area contributed by atoms with Gasteiger partial charge >= 0.3 is 0 Å². The minimum Gasteiger partial charge on any atom is -0.379 e. The van der Waals surface area contributed by atoms with E-state index in [1.165, 1.54) is 25.4 Å². The standard InChI is InChI=1S/C25H44O6/c1-18(9-8-10-19(2)25(3,4)5)20-11-12-21(14-30-23(26)16-28-6)22(13-20)15-31-24(27)17-29-7/h10-11,18,23-24,26-27H,8-9,12-17H2,1-7H3/b19-10+. The van der Waals surface area contributed by atoms with Crippen LogP contribution in [-0.4, -0.2) is 63.4 Å². The van der Waals surface area contributed by atoms with Crippen LogP contribution in [0.5, 0.6) is 0 Å². The van der Waals surface area contributed by atoms with Crippen molar-refractivity contribution in [3.8, 4) is 0 Å². The van der Waals surface area contributed by atoms with Crippen molar-refractivity contribution < 1.29 is 29.2 Å². The van der Waals surface area contributed by atoms with Crippen molar-refractivity contribution in [2.45, 2.75) is 72.9 Å². The third-order valence-corrected chi connectivity index (χ3v) is 5.91. The molecule has 2 N–H and O–H groups in total. The number of aliphatic hydroxyl groups excluding tert-OH is 2. The Morgan fingerprint density at radius 3 is 2.10 bits per heavy atom. The molecule has 6 nitrogen and oxygen atoms in total. The molecule has 6 heteroatoms. The second-order valence-electron chi connectivity index (χ2n) is 9.42. The zero-order valence-corrected chi connectivity index (χ0v) is 20.6. The smallest absolute Gasteiger partial charge is 0.178 e. The quantitative estimate of drug-likeness (QED) is 0.308. The van der Waals surface area contributed by atoms with Crippen LogP contribution in [0.1, 0.15) is 60.3 Å². The van der Waals surface area contributed by atoms with E-state index in [9.17, 15) is 10.2 Å². The Morgan fingerprint density at radius 1 is 1.03 bits per heavy atom. The minimum absolute atomic E-state index is 0.129. The van der Waals surface area contributed by atoms with Crippen LogP contribution < -0.4 is 0 Å². The van der Waals surface area contributed by atoms with Crippen molar-refractivity contribution in [1.29, 1.82) is 0 Å². The first kappa shape index (κ1) is 28.0. The Bertz CT molecular complexity index is 614. The Hall–Kier alpha value is -1.02. The van der Waals surface area contributed by atoms with Crippen molar-refractivity contribution in [2.24, 2.45) is 11.3 Å². The lowest BCUT2D eigenvalue weighted by atomic mass is 9.83. The summed E-state index contributed by atoms with van der Waals surface area (Å²) in [5.41, 5.74) is 5.21. The maximum absolute atomic E-state index is 9.88. The molecule has 0 amide bonds. The summed E-state index contributed by atoms with van der Waals surface area (Å²) in [7, 11) is 3.05. The highest BCUT2D eigenvalue weighted by molar-refractivity contribution is 5.31. The summed E-state index contributed by atoms with van der Waals surface area (Å²) >= 11 is 0. The van der Waals surface area contributed by atoms with E-state index in [1.807, 2.05) is 0 Å². The van der Waals surface area contributed by atoms with Gasteiger partial charge in [-0.1, -0.05) is 51.0 Å². The van der Waals surface area contributed by atoms with E-state index in [2.05, 4.69) is 46.8 Å². The first-order chi connectivity index (χ1) is 14.6. The van der Waals surface area contributed by atoms with E-state index < -0.39 is 12.6 Å². The van der Waals surface area contributed by atoms with Crippen LogP contribution in [0.2, 0.25) is 0 Å². The fourth-order valence-electron chi connectivity index (χ4n) is 3.35. The van der Waals surface area contributed by atoms with Gasteiger partial charge < -0.3 is 29.2 Å². The van der Waals surface area contributed by atoms with Crippen LogP contribution in [0.15, 0.2) is 34.4 Å². The maximum Gasteiger partial charge on any atom is 0.178 e. The van der Waals surface area contributed by atoms with Gasteiger partial charge in [0.1, 0.15) is 0 Å². The number of hydrogen-bond donors (Lipinski definition) is 2. The summed E-state index contributed by atoms with van der Waals surface area (Å²) in [4.78, 5) is 0.